The van der Waals surface area contributed by atoms with E-state index in [-0.39, 0.29) is 5.92 Å². The monoisotopic (exact) mass is 199 g/mol. The summed E-state index contributed by atoms with van der Waals surface area (Å²) in [5.74, 6) is -0.0500. The third-order valence-electron chi connectivity index (χ3n) is 3.18. The van der Waals surface area contributed by atoms with Crippen LogP contribution in [0.3, 0.4) is 0 Å². The van der Waals surface area contributed by atoms with Crippen molar-refractivity contribution in [3.8, 4) is 0 Å². The summed E-state index contributed by atoms with van der Waals surface area (Å²) in [5, 5.41) is 8.82. The number of hydrogen-bond donors (Lipinski definition) is 1. The lowest BCUT2D eigenvalue weighted by atomic mass is 10.0. The largest absolute Gasteiger partial charge is 0.481 e. The van der Waals surface area contributed by atoms with Crippen LogP contribution in [0.5, 0.6) is 0 Å². The molecule has 4 nitrogen and oxygen atoms in total. The summed E-state index contributed by atoms with van der Waals surface area (Å²) in [7, 11) is 0. The molecule has 0 aromatic carbocycles. The van der Waals surface area contributed by atoms with Crippen molar-refractivity contribution in [3.05, 3.63) is 0 Å². The quantitative estimate of drug-likeness (QED) is 0.713. The van der Waals surface area contributed by atoms with Crippen molar-refractivity contribution < 1.29 is 14.6 Å². The molecule has 4 heteroatoms. The van der Waals surface area contributed by atoms with E-state index in [1.807, 2.05) is 0 Å². The molecule has 2 aliphatic rings. The molecule has 2 aliphatic heterocycles. The number of carboxylic acids is 1. The molecule has 0 amide bonds. The Morgan fingerprint density at radius 2 is 2.29 bits per heavy atom. The number of ether oxygens (including phenoxy) is 1. The summed E-state index contributed by atoms with van der Waals surface area (Å²) in [6.45, 7) is 4.53. The van der Waals surface area contributed by atoms with Crippen molar-refractivity contribution in [2.45, 2.75) is 12.8 Å². The van der Waals surface area contributed by atoms with Gasteiger partial charge < -0.3 is 14.7 Å². The third kappa shape index (κ3) is 2.25. The third-order valence-corrected chi connectivity index (χ3v) is 3.18. The van der Waals surface area contributed by atoms with Gasteiger partial charge in [-0.15, -0.1) is 0 Å². The fourth-order valence-electron chi connectivity index (χ4n) is 2.05. The smallest absolute Gasteiger partial charge is 0.307 e. The lowest BCUT2D eigenvalue weighted by Crippen LogP contribution is -2.32. The fourth-order valence-corrected chi connectivity index (χ4v) is 2.05. The second-order valence-corrected chi connectivity index (χ2v) is 4.32. The maximum Gasteiger partial charge on any atom is 0.307 e. The molecule has 0 aliphatic carbocycles. The lowest BCUT2D eigenvalue weighted by molar-refractivity contribution is -0.141. The maximum atomic E-state index is 10.7. The van der Waals surface area contributed by atoms with Gasteiger partial charge in [0.25, 0.3) is 0 Å². The van der Waals surface area contributed by atoms with Crippen LogP contribution in [0.2, 0.25) is 0 Å². The van der Waals surface area contributed by atoms with Crippen LogP contribution in [0, 0.1) is 11.8 Å². The van der Waals surface area contributed by atoms with E-state index in [0.29, 0.717) is 0 Å². The zero-order chi connectivity index (χ0) is 9.97. The molecule has 2 rings (SSSR count). The van der Waals surface area contributed by atoms with Gasteiger partial charge in [-0.05, 0) is 25.9 Å². The van der Waals surface area contributed by atoms with Crippen molar-refractivity contribution in [2.75, 3.05) is 32.8 Å². The van der Waals surface area contributed by atoms with Crippen LogP contribution in [0.1, 0.15) is 12.8 Å². The van der Waals surface area contributed by atoms with Crippen molar-refractivity contribution in [3.63, 3.8) is 0 Å². The average molecular weight is 199 g/mol. The normalized spacial score (nSPS) is 29.0. The van der Waals surface area contributed by atoms with Crippen LogP contribution in [0.25, 0.3) is 0 Å². The van der Waals surface area contributed by atoms with Gasteiger partial charge in [0.15, 0.2) is 0 Å². The number of rotatable bonds is 4. The highest BCUT2D eigenvalue weighted by molar-refractivity contribution is 5.70. The maximum absolute atomic E-state index is 10.7. The van der Waals surface area contributed by atoms with Crippen LogP contribution in [0.4, 0.5) is 0 Å². The Kier molecular flexibility index (Phi) is 3.03. The predicted molar refractivity (Wildman–Crippen MR) is 51.1 cm³/mol. The topological polar surface area (TPSA) is 49.8 Å². The van der Waals surface area contributed by atoms with E-state index in [4.69, 9.17) is 9.84 Å². The number of carbonyl (C=O) groups is 1. The SMILES string of the molecule is O=C(O)C1CCN(CCC2COC2)C1. The number of carboxylic acid groups (broad SMARTS) is 1. The van der Waals surface area contributed by atoms with E-state index >= 15 is 0 Å². The molecule has 2 heterocycles. The van der Waals surface area contributed by atoms with Crippen LogP contribution in [0.15, 0.2) is 0 Å². The number of aliphatic carboxylic acids is 1. The second kappa shape index (κ2) is 4.28. The van der Waals surface area contributed by atoms with Gasteiger partial charge in [-0.1, -0.05) is 0 Å². The first kappa shape index (κ1) is 9.93. The zero-order valence-corrected chi connectivity index (χ0v) is 8.32. The van der Waals surface area contributed by atoms with E-state index in [0.717, 1.165) is 51.6 Å². The molecule has 1 N–H and O–H groups in total. The fraction of sp³-hybridized carbons (Fsp3) is 0.900. The standard InChI is InChI=1S/C10H17NO3/c12-10(13)9-2-4-11(5-9)3-1-8-6-14-7-8/h8-9H,1-7H2,(H,12,13). The molecular formula is C10H17NO3. The van der Waals surface area contributed by atoms with E-state index in [9.17, 15) is 4.79 Å². The molecule has 0 radical (unpaired) electrons. The Morgan fingerprint density at radius 1 is 1.50 bits per heavy atom. The van der Waals surface area contributed by atoms with Gasteiger partial charge in [-0.3, -0.25) is 4.79 Å². The molecule has 0 aromatic rings. The summed E-state index contributed by atoms with van der Waals surface area (Å²) in [6.07, 6.45) is 1.98. The summed E-state index contributed by atoms with van der Waals surface area (Å²) in [5.41, 5.74) is 0. The van der Waals surface area contributed by atoms with E-state index in [2.05, 4.69) is 4.90 Å². The van der Waals surface area contributed by atoms with Crippen LogP contribution in [-0.2, 0) is 9.53 Å². The minimum absolute atomic E-state index is 0.132. The highest BCUT2D eigenvalue weighted by Crippen LogP contribution is 2.19. The van der Waals surface area contributed by atoms with Gasteiger partial charge in [-0.2, -0.15) is 0 Å². The molecule has 1 unspecified atom stereocenters. The molecule has 2 saturated heterocycles. The summed E-state index contributed by atoms with van der Waals surface area (Å²) in [6, 6.07) is 0. The summed E-state index contributed by atoms with van der Waals surface area (Å²) in [4.78, 5) is 13.0. The Hall–Kier alpha value is -0.610. The minimum Gasteiger partial charge on any atom is -0.481 e. The molecule has 0 spiro atoms. The second-order valence-electron chi connectivity index (χ2n) is 4.32. The van der Waals surface area contributed by atoms with Gasteiger partial charge in [0.1, 0.15) is 0 Å². The van der Waals surface area contributed by atoms with Gasteiger partial charge in [0.2, 0.25) is 0 Å². The van der Waals surface area contributed by atoms with Crippen molar-refractivity contribution >= 4 is 5.97 Å². The van der Waals surface area contributed by atoms with E-state index < -0.39 is 5.97 Å². The highest BCUT2D eigenvalue weighted by Gasteiger charge is 2.28. The van der Waals surface area contributed by atoms with Crippen LogP contribution < -0.4 is 0 Å². The first-order valence-corrected chi connectivity index (χ1v) is 5.28. The molecule has 14 heavy (non-hydrogen) atoms. The highest BCUT2D eigenvalue weighted by atomic mass is 16.5. The number of likely N-dealkylation sites (tertiary alicyclic amines) is 1. The number of hydrogen-bond acceptors (Lipinski definition) is 3. The molecule has 0 saturated carbocycles. The number of nitrogens with zero attached hydrogens (tertiary/aromatic N) is 1. The molecule has 1 atom stereocenters. The summed E-state index contributed by atoms with van der Waals surface area (Å²) >= 11 is 0. The van der Waals surface area contributed by atoms with Crippen molar-refractivity contribution in [2.24, 2.45) is 11.8 Å². The summed E-state index contributed by atoms with van der Waals surface area (Å²) < 4.78 is 5.10. The van der Waals surface area contributed by atoms with Gasteiger partial charge in [0.05, 0.1) is 19.1 Å². The Bertz CT molecular complexity index is 215. The Labute approximate surface area is 83.8 Å². The molecule has 0 aromatic heterocycles. The first-order chi connectivity index (χ1) is 6.75. The average Bonchev–Trinajstić information content (AvgIpc) is 2.50. The van der Waals surface area contributed by atoms with Crippen LogP contribution in [-0.4, -0.2) is 48.8 Å². The molecule has 2 fully saturated rings. The predicted octanol–water partition coefficient (Wildman–Crippen LogP) is 0.429. The first-order valence-electron chi connectivity index (χ1n) is 5.28. The van der Waals surface area contributed by atoms with Crippen LogP contribution >= 0.6 is 0 Å². The van der Waals surface area contributed by atoms with E-state index in [1.165, 1.54) is 0 Å². The lowest BCUT2D eigenvalue weighted by Gasteiger charge is -2.27. The Morgan fingerprint density at radius 3 is 2.79 bits per heavy atom. The molecule has 80 valence electrons. The van der Waals surface area contributed by atoms with Crippen molar-refractivity contribution in [1.82, 2.24) is 4.90 Å². The van der Waals surface area contributed by atoms with E-state index in [1.54, 1.807) is 0 Å². The minimum atomic E-state index is -0.639. The van der Waals surface area contributed by atoms with Gasteiger partial charge >= 0.3 is 5.97 Å². The zero-order valence-electron chi connectivity index (χ0n) is 8.32. The van der Waals surface area contributed by atoms with Gasteiger partial charge in [-0.25, -0.2) is 0 Å². The molecular weight excluding hydrogens is 182 g/mol. The van der Waals surface area contributed by atoms with Gasteiger partial charge in [0, 0.05) is 12.5 Å². The Balaban J connectivity index is 1.65. The molecule has 0 bridgehead atoms. The van der Waals surface area contributed by atoms with Crippen molar-refractivity contribution in [1.29, 1.82) is 0 Å².